The number of amides is 2. The van der Waals surface area contributed by atoms with E-state index in [0.717, 1.165) is 34.2 Å². The zero-order valence-corrected chi connectivity index (χ0v) is 26.1. The van der Waals surface area contributed by atoms with Gasteiger partial charge < -0.3 is 10.2 Å². The summed E-state index contributed by atoms with van der Waals surface area (Å²) in [6.45, 7) is 13.1. The zero-order valence-electron chi connectivity index (χ0n) is 25.3. The summed E-state index contributed by atoms with van der Waals surface area (Å²) in [6, 6.07) is 19.1. The molecule has 1 N–H and O–H groups in total. The molecule has 2 atom stereocenters. The number of aryl methyl sites for hydroxylation is 4. The average Bonchev–Trinajstić information content (AvgIpc) is 2.93. The Morgan fingerprint density at radius 1 is 0.829 bits per heavy atom. The molecule has 0 heterocycles. The van der Waals surface area contributed by atoms with E-state index in [0.29, 0.717) is 12.1 Å². The van der Waals surface area contributed by atoms with Crippen LogP contribution in [-0.2, 0) is 26.2 Å². The number of carbonyl (C=O) groups is 2. The normalized spacial score (nSPS) is 12.9. The van der Waals surface area contributed by atoms with E-state index in [9.17, 15) is 18.0 Å². The first kappa shape index (κ1) is 31.9. The molecule has 0 saturated heterocycles. The van der Waals surface area contributed by atoms with Gasteiger partial charge in [-0.25, -0.2) is 8.42 Å². The minimum Gasteiger partial charge on any atom is -0.352 e. The standard InChI is InChI=1S/C33H43N3O4S/c1-8-27(7)34-33(38)30(9-2)35(21-28-12-10-11-24(4)19-28)32(37)22-36(31-20-25(5)13-16-26(31)6)41(39,40)29-17-14-23(3)15-18-29/h10-20,27,30H,8-9,21-22H2,1-7H3,(H,34,38)/t27-,30-/m0/s1. The predicted molar refractivity (Wildman–Crippen MR) is 165 cm³/mol. The Bertz CT molecular complexity index is 1470. The van der Waals surface area contributed by atoms with E-state index in [2.05, 4.69) is 5.32 Å². The molecule has 3 aromatic rings. The fourth-order valence-electron chi connectivity index (χ4n) is 4.71. The van der Waals surface area contributed by atoms with Crippen LogP contribution in [-0.4, -0.2) is 43.8 Å². The molecule has 0 aliphatic rings. The number of sulfonamides is 1. The molecule has 0 unspecified atom stereocenters. The van der Waals surface area contributed by atoms with Gasteiger partial charge in [-0.2, -0.15) is 0 Å². The Kier molecular flexibility index (Phi) is 10.7. The molecule has 0 bridgehead atoms. The van der Waals surface area contributed by atoms with E-state index in [-0.39, 0.29) is 23.4 Å². The Hall–Kier alpha value is -3.65. The maximum atomic E-state index is 14.2. The van der Waals surface area contributed by atoms with E-state index < -0.39 is 28.5 Å². The summed E-state index contributed by atoms with van der Waals surface area (Å²) in [5.74, 6) is -0.697. The lowest BCUT2D eigenvalue weighted by molar-refractivity contribution is -0.140. The monoisotopic (exact) mass is 577 g/mol. The van der Waals surface area contributed by atoms with Crippen molar-refractivity contribution < 1.29 is 18.0 Å². The van der Waals surface area contributed by atoms with Gasteiger partial charge in [-0.05, 0) is 82.3 Å². The second-order valence-corrected chi connectivity index (χ2v) is 12.7. The average molecular weight is 578 g/mol. The van der Waals surface area contributed by atoms with Crippen molar-refractivity contribution in [2.45, 2.75) is 84.8 Å². The number of nitrogens with zero attached hydrogens (tertiary/aromatic N) is 2. The van der Waals surface area contributed by atoms with Crippen LogP contribution in [0.5, 0.6) is 0 Å². The second-order valence-electron chi connectivity index (χ2n) is 10.9. The third-order valence-electron chi connectivity index (χ3n) is 7.34. The summed E-state index contributed by atoms with van der Waals surface area (Å²) in [5.41, 5.74) is 4.87. The summed E-state index contributed by atoms with van der Waals surface area (Å²) in [4.78, 5) is 29.3. The van der Waals surface area contributed by atoms with Crippen molar-refractivity contribution in [3.63, 3.8) is 0 Å². The Labute approximate surface area is 245 Å². The first-order valence-electron chi connectivity index (χ1n) is 14.2. The zero-order chi connectivity index (χ0) is 30.3. The first-order chi connectivity index (χ1) is 19.4. The van der Waals surface area contributed by atoms with Crippen LogP contribution in [0.4, 0.5) is 5.69 Å². The van der Waals surface area contributed by atoms with Crippen molar-refractivity contribution in [2.24, 2.45) is 0 Å². The molecule has 220 valence electrons. The van der Waals surface area contributed by atoms with Crippen LogP contribution >= 0.6 is 0 Å². The Morgan fingerprint density at radius 3 is 2.07 bits per heavy atom. The highest BCUT2D eigenvalue weighted by molar-refractivity contribution is 7.92. The topological polar surface area (TPSA) is 86.8 Å². The van der Waals surface area contributed by atoms with Gasteiger partial charge >= 0.3 is 0 Å². The van der Waals surface area contributed by atoms with E-state index in [1.165, 1.54) is 9.21 Å². The van der Waals surface area contributed by atoms with Gasteiger partial charge in [0.25, 0.3) is 10.0 Å². The van der Waals surface area contributed by atoms with Gasteiger partial charge in [-0.3, -0.25) is 13.9 Å². The van der Waals surface area contributed by atoms with Crippen molar-refractivity contribution in [1.29, 1.82) is 0 Å². The lowest BCUT2D eigenvalue weighted by Gasteiger charge is -2.34. The number of hydrogen-bond acceptors (Lipinski definition) is 4. The molecular formula is C33H43N3O4S. The molecule has 0 aliphatic heterocycles. The van der Waals surface area contributed by atoms with Gasteiger partial charge in [-0.1, -0.05) is 73.5 Å². The van der Waals surface area contributed by atoms with Gasteiger partial charge in [0, 0.05) is 12.6 Å². The van der Waals surface area contributed by atoms with Gasteiger partial charge in [0.2, 0.25) is 11.8 Å². The number of anilines is 1. The van der Waals surface area contributed by atoms with E-state index in [1.54, 1.807) is 30.3 Å². The smallest absolute Gasteiger partial charge is 0.264 e. The molecule has 7 nitrogen and oxygen atoms in total. The number of hydrogen-bond donors (Lipinski definition) is 1. The molecule has 0 aromatic heterocycles. The fourth-order valence-corrected chi connectivity index (χ4v) is 6.18. The number of benzene rings is 3. The van der Waals surface area contributed by atoms with Crippen LogP contribution in [0.3, 0.4) is 0 Å². The molecule has 41 heavy (non-hydrogen) atoms. The third kappa shape index (κ3) is 7.97. The summed E-state index contributed by atoms with van der Waals surface area (Å²) in [6.07, 6.45) is 1.14. The molecule has 3 aromatic carbocycles. The summed E-state index contributed by atoms with van der Waals surface area (Å²) < 4.78 is 29.4. The van der Waals surface area contributed by atoms with Crippen molar-refractivity contribution in [1.82, 2.24) is 10.2 Å². The molecule has 0 radical (unpaired) electrons. The quantitative estimate of drug-likeness (QED) is 0.293. The first-order valence-corrected chi connectivity index (χ1v) is 15.6. The lowest BCUT2D eigenvalue weighted by Crippen LogP contribution is -2.53. The maximum Gasteiger partial charge on any atom is 0.264 e. The predicted octanol–water partition coefficient (Wildman–Crippen LogP) is 5.84. The second kappa shape index (κ2) is 13.8. The van der Waals surface area contributed by atoms with Crippen LogP contribution < -0.4 is 9.62 Å². The molecule has 2 amide bonds. The molecule has 8 heteroatoms. The highest BCUT2D eigenvalue weighted by Crippen LogP contribution is 2.29. The van der Waals surface area contributed by atoms with E-state index >= 15 is 0 Å². The minimum atomic E-state index is -4.11. The van der Waals surface area contributed by atoms with E-state index in [1.807, 2.05) is 84.9 Å². The summed E-state index contributed by atoms with van der Waals surface area (Å²) in [7, 11) is -4.11. The Morgan fingerprint density at radius 2 is 1.46 bits per heavy atom. The van der Waals surface area contributed by atoms with Crippen LogP contribution in [0.1, 0.15) is 61.4 Å². The maximum absolute atomic E-state index is 14.2. The lowest BCUT2D eigenvalue weighted by atomic mass is 10.1. The molecule has 0 aliphatic carbocycles. The highest BCUT2D eigenvalue weighted by Gasteiger charge is 2.34. The van der Waals surface area contributed by atoms with Crippen molar-refractivity contribution in [3.8, 4) is 0 Å². The fraction of sp³-hybridized carbons (Fsp3) is 0.394. The van der Waals surface area contributed by atoms with Crippen LogP contribution in [0.15, 0.2) is 71.6 Å². The third-order valence-corrected chi connectivity index (χ3v) is 9.12. The van der Waals surface area contributed by atoms with Crippen molar-refractivity contribution in [3.05, 3.63) is 94.5 Å². The van der Waals surface area contributed by atoms with Gasteiger partial charge in [-0.15, -0.1) is 0 Å². The highest BCUT2D eigenvalue weighted by atomic mass is 32.2. The SMILES string of the molecule is CC[C@H](C)NC(=O)[C@H](CC)N(Cc1cccc(C)c1)C(=O)CN(c1cc(C)ccc1C)S(=O)(=O)c1ccc(C)cc1. The van der Waals surface area contributed by atoms with E-state index in [4.69, 9.17) is 0 Å². The number of nitrogens with one attached hydrogen (secondary N) is 1. The molecule has 3 rings (SSSR count). The van der Waals surface area contributed by atoms with Crippen LogP contribution in [0, 0.1) is 27.7 Å². The molecule has 0 fully saturated rings. The molecule has 0 saturated carbocycles. The Balaban J connectivity index is 2.10. The minimum absolute atomic E-state index is 0.0548. The number of carbonyl (C=O) groups excluding carboxylic acids is 2. The van der Waals surface area contributed by atoms with Crippen LogP contribution in [0.25, 0.3) is 0 Å². The summed E-state index contributed by atoms with van der Waals surface area (Å²) >= 11 is 0. The van der Waals surface area contributed by atoms with Gasteiger partial charge in [0.1, 0.15) is 12.6 Å². The van der Waals surface area contributed by atoms with Gasteiger partial charge in [0.15, 0.2) is 0 Å². The van der Waals surface area contributed by atoms with Crippen molar-refractivity contribution in [2.75, 3.05) is 10.8 Å². The molecule has 0 spiro atoms. The van der Waals surface area contributed by atoms with Gasteiger partial charge in [0.05, 0.1) is 10.6 Å². The largest absolute Gasteiger partial charge is 0.352 e. The summed E-state index contributed by atoms with van der Waals surface area (Å²) in [5, 5.41) is 3.01. The molecular weight excluding hydrogens is 534 g/mol. The van der Waals surface area contributed by atoms with Crippen molar-refractivity contribution >= 4 is 27.5 Å². The van der Waals surface area contributed by atoms with Crippen LogP contribution in [0.2, 0.25) is 0 Å². The number of rotatable bonds is 12.